The molecule has 30 heavy (non-hydrogen) atoms. The van der Waals surface area contributed by atoms with Crippen LogP contribution in [0.2, 0.25) is 0 Å². The lowest BCUT2D eigenvalue weighted by atomic mass is 9.97. The third-order valence-electron chi connectivity index (χ3n) is 5.79. The first-order valence-electron chi connectivity index (χ1n) is 10.1. The van der Waals surface area contributed by atoms with Gasteiger partial charge in [0.2, 0.25) is 0 Å². The summed E-state index contributed by atoms with van der Waals surface area (Å²) >= 11 is 0. The van der Waals surface area contributed by atoms with E-state index in [4.69, 9.17) is 0 Å². The van der Waals surface area contributed by atoms with E-state index in [1.54, 1.807) is 12.1 Å². The van der Waals surface area contributed by atoms with Gasteiger partial charge in [0.05, 0.1) is 17.0 Å². The van der Waals surface area contributed by atoms with Gasteiger partial charge in [0.1, 0.15) is 5.70 Å². The zero-order valence-corrected chi connectivity index (χ0v) is 16.8. The van der Waals surface area contributed by atoms with Gasteiger partial charge in [0.15, 0.2) is 0 Å². The van der Waals surface area contributed by atoms with E-state index >= 15 is 0 Å². The minimum absolute atomic E-state index is 0.0504. The Labute approximate surface area is 174 Å². The van der Waals surface area contributed by atoms with Crippen molar-refractivity contribution in [2.45, 2.75) is 26.3 Å². The Kier molecular flexibility index (Phi) is 5.35. The Morgan fingerprint density at radius 3 is 2.20 bits per heavy atom. The predicted molar refractivity (Wildman–Crippen MR) is 112 cm³/mol. The van der Waals surface area contributed by atoms with Crippen molar-refractivity contribution in [3.8, 4) is 0 Å². The van der Waals surface area contributed by atoms with Crippen molar-refractivity contribution < 1.29 is 14.5 Å². The molecule has 0 aliphatic carbocycles. The number of likely N-dealkylation sites (tertiary alicyclic amines) is 1. The second-order valence-corrected chi connectivity index (χ2v) is 7.88. The summed E-state index contributed by atoms with van der Waals surface area (Å²) in [4.78, 5) is 40.5. The van der Waals surface area contributed by atoms with Crippen molar-refractivity contribution in [1.29, 1.82) is 0 Å². The Morgan fingerprint density at radius 2 is 1.60 bits per heavy atom. The number of nitrogens with zero attached hydrogens (tertiary/aromatic N) is 3. The molecule has 0 atom stereocenters. The summed E-state index contributed by atoms with van der Waals surface area (Å²) in [6.45, 7) is 3.81. The molecule has 1 saturated heterocycles. The summed E-state index contributed by atoms with van der Waals surface area (Å²) in [7, 11) is 0. The molecule has 7 heteroatoms. The van der Waals surface area contributed by atoms with E-state index < -0.39 is 4.92 Å². The van der Waals surface area contributed by atoms with Crippen molar-refractivity contribution >= 4 is 23.1 Å². The molecule has 2 aliphatic rings. The number of carbonyl (C=O) groups excluding carboxylic acids is 2. The SMILES string of the molecule is CC1CCN(C2=C(c3ccc([N+](=O)[O-])cc3)C(=O)N(Cc3ccccc3)C2=O)CC1. The van der Waals surface area contributed by atoms with Gasteiger partial charge in [-0.25, -0.2) is 0 Å². The number of nitro benzene ring substituents is 1. The molecule has 0 radical (unpaired) electrons. The lowest BCUT2D eigenvalue weighted by molar-refractivity contribution is -0.384. The molecule has 0 spiro atoms. The Hall–Kier alpha value is -3.48. The zero-order chi connectivity index (χ0) is 21.3. The second-order valence-electron chi connectivity index (χ2n) is 7.88. The molecule has 0 N–H and O–H groups in total. The van der Waals surface area contributed by atoms with Crippen LogP contribution in [-0.2, 0) is 16.1 Å². The normalized spacial score (nSPS) is 17.8. The number of carbonyl (C=O) groups is 2. The van der Waals surface area contributed by atoms with Crippen LogP contribution in [0, 0.1) is 16.0 Å². The Bertz CT molecular complexity index is 1010. The summed E-state index contributed by atoms with van der Waals surface area (Å²) in [5.41, 5.74) is 2.10. The molecule has 0 bridgehead atoms. The van der Waals surface area contributed by atoms with Crippen LogP contribution >= 0.6 is 0 Å². The lowest BCUT2D eigenvalue weighted by Crippen LogP contribution is -2.38. The van der Waals surface area contributed by atoms with Crippen LogP contribution in [-0.4, -0.2) is 39.6 Å². The maximum Gasteiger partial charge on any atom is 0.278 e. The molecule has 0 unspecified atom stereocenters. The molecule has 1 fully saturated rings. The third kappa shape index (κ3) is 3.70. The highest BCUT2D eigenvalue weighted by Gasteiger charge is 2.42. The Balaban J connectivity index is 1.73. The van der Waals surface area contributed by atoms with Crippen molar-refractivity contribution in [2.24, 2.45) is 5.92 Å². The number of benzene rings is 2. The fourth-order valence-electron chi connectivity index (χ4n) is 4.01. The highest BCUT2D eigenvalue weighted by Crippen LogP contribution is 2.35. The van der Waals surface area contributed by atoms with E-state index in [0.717, 1.165) is 18.4 Å². The summed E-state index contributed by atoms with van der Waals surface area (Å²) < 4.78 is 0. The minimum Gasteiger partial charge on any atom is -0.366 e. The number of piperidine rings is 1. The fourth-order valence-corrected chi connectivity index (χ4v) is 4.01. The largest absolute Gasteiger partial charge is 0.366 e. The van der Waals surface area contributed by atoms with E-state index in [1.165, 1.54) is 17.0 Å². The standard InChI is InChI=1S/C23H23N3O4/c1-16-11-13-24(14-12-16)21-20(18-7-9-19(10-8-18)26(29)30)22(27)25(23(21)28)15-17-5-3-2-4-6-17/h2-10,16H,11-15H2,1H3. The zero-order valence-electron chi connectivity index (χ0n) is 16.8. The van der Waals surface area contributed by atoms with Gasteiger partial charge in [-0.05, 0) is 42.0 Å². The molecular formula is C23H23N3O4. The van der Waals surface area contributed by atoms with E-state index in [-0.39, 0.29) is 24.0 Å². The maximum absolute atomic E-state index is 13.4. The van der Waals surface area contributed by atoms with E-state index in [9.17, 15) is 19.7 Å². The van der Waals surface area contributed by atoms with Crippen LogP contribution in [0.3, 0.4) is 0 Å². The van der Waals surface area contributed by atoms with E-state index in [1.807, 2.05) is 35.2 Å². The molecule has 4 rings (SSSR count). The summed E-state index contributed by atoms with van der Waals surface area (Å²) in [5.74, 6) is -0.0737. The number of non-ortho nitro benzene ring substituents is 1. The first-order valence-corrected chi connectivity index (χ1v) is 10.1. The number of hydrogen-bond acceptors (Lipinski definition) is 5. The van der Waals surface area contributed by atoms with Gasteiger partial charge >= 0.3 is 0 Å². The molecule has 7 nitrogen and oxygen atoms in total. The van der Waals surface area contributed by atoms with Gasteiger partial charge in [-0.2, -0.15) is 0 Å². The van der Waals surface area contributed by atoms with Gasteiger partial charge in [-0.3, -0.25) is 24.6 Å². The molecule has 2 aromatic carbocycles. The lowest BCUT2D eigenvalue weighted by Gasteiger charge is -2.32. The van der Waals surface area contributed by atoms with Crippen LogP contribution in [0.25, 0.3) is 5.57 Å². The van der Waals surface area contributed by atoms with Crippen LogP contribution in [0.5, 0.6) is 0 Å². The van der Waals surface area contributed by atoms with Crippen molar-refractivity contribution in [2.75, 3.05) is 13.1 Å². The highest BCUT2D eigenvalue weighted by atomic mass is 16.6. The summed E-state index contributed by atoms with van der Waals surface area (Å²) in [6, 6.07) is 15.2. The molecule has 2 amide bonds. The minimum atomic E-state index is -0.478. The quantitative estimate of drug-likeness (QED) is 0.431. The van der Waals surface area contributed by atoms with Gasteiger partial charge in [-0.1, -0.05) is 37.3 Å². The smallest absolute Gasteiger partial charge is 0.278 e. The van der Waals surface area contributed by atoms with Crippen LogP contribution in [0.15, 0.2) is 60.3 Å². The molecule has 2 aromatic rings. The van der Waals surface area contributed by atoms with Gasteiger partial charge in [0, 0.05) is 25.2 Å². The van der Waals surface area contributed by atoms with Crippen molar-refractivity contribution in [1.82, 2.24) is 9.80 Å². The fraction of sp³-hybridized carbons (Fsp3) is 0.304. The van der Waals surface area contributed by atoms with Gasteiger partial charge in [0.25, 0.3) is 17.5 Å². The Morgan fingerprint density at radius 1 is 0.967 bits per heavy atom. The first-order chi connectivity index (χ1) is 14.5. The number of nitro groups is 1. The highest BCUT2D eigenvalue weighted by molar-refractivity contribution is 6.35. The molecule has 0 aromatic heterocycles. The average Bonchev–Trinajstić information content (AvgIpc) is 3.00. The maximum atomic E-state index is 13.4. The molecule has 2 aliphatic heterocycles. The van der Waals surface area contributed by atoms with Crippen molar-refractivity contribution in [3.63, 3.8) is 0 Å². The topological polar surface area (TPSA) is 83.8 Å². The van der Waals surface area contributed by atoms with Crippen LogP contribution < -0.4 is 0 Å². The predicted octanol–water partition coefficient (Wildman–Crippen LogP) is 3.61. The number of imide groups is 1. The number of hydrogen-bond donors (Lipinski definition) is 0. The molecule has 0 saturated carbocycles. The molecule has 154 valence electrons. The summed E-state index contributed by atoms with van der Waals surface area (Å²) in [5, 5.41) is 11.0. The molecule has 2 heterocycles. The molecular weight excluding hydrogens is 382 g/mol. The van der Waals surface area contributed by atoms with Crippen LogP contribution in [0.1, 0.15) is 30.9 Å². The third-order valence-corrected chi connectivity index (χ3v) is 5.79. The monoisotopic (exact) mass is 405 g/mol. The number of amides is 2. The average molecular weight is 405 g/mol. The van der Waals surface area contributed by atoms with E-state index in [0.29, 0.717) is 35.8 Å². The van der Waals surface area contributed by atoms with E-state index in [2.05, 4.69) is 6.92 Å². The summed E-state index contributed by atoms with van der Waals surface area (Å²) in [6.07, 6.45) is 1.91. The van der Waals surface area contributed by atoms with Gasteiger partial charge in [-0.15, -0.1) is 0 Å². The van der Waals surface area contributed by atoms with Gasteiger partial charge < -0.3 is 4.90 Å². The van der Waals surface area contributed by atoms with Crippen molar-refractivity contribution in [3.05, 3.63) is 81.5 Å². The second kappa shape index (κ2) is 8.10. The number of rotatable bonds is 5. The first kappa shape index (κ1) is 19.8. The van der Waals surface area contributed by atoms with Crippen LogP contribution in [0.4, 0.5) is 5.69 Å².